The monoisotopic (exact) mass is 383 g/mol. The molecule has 0 unspecified atom stereocenters. The number of carbonyl (C=O) groups excluding carboxylic acids is 1. The zero-order valence-corrected chi connectivity index (χ0v) is 17.0. The fraction of sp³-hybridized carbons (Fsp3) is 0.632. The van der Waals surface area contributed by atoms with Crippen molar-refractivity contribution in [2.45, 2.75) is 51.0 Å². The zero-order chi connectivity index (χ0) is 19.5. The van der Waals surface area contributed by atoms with Crippen LogP contribution >= 0.6 is 0 Å². The van der Waals surface area contributed by atoms with E-state index < -0.39 is 15.7 Å². The first-order chi connectivity index (χ1) is 12.0. The van der Waals surface area contributed by atoms with Crippen molar-refractivity contribution in [2.24, 2.45) is 11.8 Å². The third-order valence-electron chi connectivity index (χ3n) is 4.34. The normalized spacial score (nSPS) is 20.3. The van der Waals surface area contributed by atoms with E-state index >= 15 is 0 Å². The number of amides is 1. The number of benzene rings is 1. The molecule has 0 bridgehead atoms. The highest BCUT2D eigenvalue weighted by Crippen LogP contribution is 2.35. The summed E-state index contributed by atoms with van der Waals surface area (Å²) >= 11 is 0. The molecule has 1 amide bonds. The van der Waals surface area contributed by atoms with Crippen LogP contribution in [0.5, 0.6) is 0 Å². The van der Waals surface area contributed by atoms with Gasteiger partial charge in [-0.15, -0.1) is 0 Å². The maximum atomic E-state index is 12.2. The molecule has 0 heterocycles. The minimum Gasteiger partial charge on any atom is -0.444 e. The van der Waals surface area contributed by atoms with Crippen molar-refractivity contribution in [1.82, 2.24) is 4.90 Å². The van der Waals surface area contributed by atoms with Crippen LogP contribution in [0.4, 0.5) is 4.79 Å². The molecule has 0 aromatic heterocycles. The van der Waals surface area contributed by atoms with E-state index in [-0.39, 0.29) is 23.5 Å². The van der Waals surface area contributed by atoms with Gasteiger partial charge in [0.2, 0.25) is 0 Å². The molecule has 1 aromatic rings. The minimum atomic E-state index is -3.71. The Hall–Kier alpha value is -1.60. The van der Waals surface area contributed by atoms with E-state index in [4.69, 9.17) is 8.92 Å². The van der Waals surface area contributed by atoms with Gasteiger partial charge in [-0.2, -0.15) is 8.42 Å². The van der Waals surface area contributed by atoms with Crippen molar-refractivity contribution in [3.8, 4) is 0 Å². The third-order valence-corrected chi connectivity index (χ3v) is 5.64. The second kappa shape index (κ2) is 7.96. The van der Waals surface area contributed by atoms with Crippen LogP contribution in [-0.2, 0) is 19.0 Å². The van der Waals surface area contributed by atoms with Crippen LogP contribution in [-0.4, -0.2) is 45.2 Å². The fourth-order valence-electron chi connectivity index (χ4n) is 2.92. The summed E-state index contributed by atoms with van der Waals surface area (Å²) in [5, 5.41) is 0. The molecular formula is C19H29NO5S. The Bertz CT molecular complexity index is 715. The molecule has 7 heteroatoms. The topological polar surface area (TPSA) is 72.9 Å². The van der Waals surface area contributed by atoms with E-state index in [0.29, 0.717) is 12.5 Å². The number of aryl methyl sites for hydroxylation is 1. The average molecular weight is 384 g/mol. The van der Waals surface area contributed by atoms with Crippen LogP contribution in [0.2, 0.25) is 0 Å². The van der Waals surface area contributed by atoms with E-state index in [2.05, 4.69) is 0 Å². The Morgan fingerprint density at radius 2 is 1.73 bits per heavy atom. The summed E-state index contributed by atoms with van der Waals surface area (Å²) in [7, 11) is -1.99. The lowest BCUT2D eigenvalue weighted by Gasteiger charge is -2.37. The third kappa shape index (κ3) is 5.99. The van der Waals surface area contributed by atoms with Gasteiger partial charge in [-0.3, -0.25) is 4.18 Å². The summed E-state index contributed by atoms with van der Waals surface area (Å²) in [4.78, 5) is 13.7. The number of rotatable bonds is 6. The van der Waals surface area contributed by atoms with Gasteiger partial charge < -0.3 is 9.64 Å². The number of hydrogen-bond donors (Lipinski definition) is 0. The van der Waals surface area contributed by atoms with E-state index in [1.165, 1.54) is 0 Å². The average Bonchev–Trinajstić information content (AvgIpc) is 2.47. The predicted molar refractivity (Wildman–Crippen MR) is 99.4 cm³/mol. The highest BCUT2D eigenvalue weighted by atomic mass is 32.2. The summed E-state index contributed by atoms with van der Waals surface area (Å²) in [5.41, 5.74) is 0.492. The Kier molecular flexibility index (Phi) is 6.34. The maximum absolute atomic E-state index is 12.2. The molecule has 1 aliphatic rings. The molecule has 0 saturated heterocycles. The van der Waals surface area contributed by atoms with E-state index in [1.807, 2.05) is 27.7 Å². The van der Waals surface area contributed by atoms with E-state index in [9.17, 15) is 13.2 Å². The lowest BCUT2D eigenvalue weighted by molar-refractivity contribution is 0.0197. The van der Waals surface area contributed by atoms with Crippen LogP contribution < -0.4 is 0 Å². The second-order valence-electron chi connectivity index (χ2n) is 8.12. The van der Waals surface area contributed by atoms with Gasteiger partial charge in [0.15, 0.2) is 0 Å². The Labute approximate surface area is 156 Å². The van der Waals surface area contributed by atoms with Gasteiger partial charge in [-0.05, 0) is 64.5 Å². The molecule has 1 fully saturated rings. The quantitative estimate of drug-likeness (QED) is 0.702. The van der Waals surface area contributed by atoms with Crippen molar-refractivity contribution in [3.05, 3.63) is 29.8 Å². The first-order valence-corrected chi connectivity index (χ1v) is 10.3. The first kappa shape index (κ1) is 20.7. The van der Waals surface area contributed by atoms with Crippen LogP contribution in [0, 0.1) is 18.8 Å². The highest BCUT2D eigenvalue weighted by Gasteiger charge is 2.33. The summed E-state index contributed by atoms with van der Waals surface area (Å²) in [5.74, 6) is 0.551. The Morgan fingerprint density at radius 1 is 1.15 bits per heavy atom. The molecule has 1 saturated carbocycles. The summed E-state index contributed by atoms with van der Waals surface area (Å²) < 4.78 is 34.9. The lowest BCUT2D eigenvalue weighted by atomic mass is 9.75. The molecule has 0 radical (unpaired) electrons. The Balaban J connectivity index is 1.73. The van der Waals surface area contributed by atoms with Crippen molar-refractivity contribution in [1.29, 1.82) is 0 Å². The highest BCUT2D eigenvalue weighted by molar-refractivity contribution is 7.86. The van der Waals surface area contributed by atoms with Gasteiger partial charge in [0, 0.05) is 13.6 Å². The van der Waals surface area contributed by atoms with Gasteiger partial charge >= 0.3 is 6.09 Å². The molecule has 26 heavy (non-hydrogen) atoms. The van der Waals surface area contributed by atoms with Gasteiger partial charge in [-0.25, -0.2) is 4.79 Å². The first-order valence-electron chi connectivity index (χ1n) is 8.86. The van der Waals surface area contributed by atoms with Crippen molar-refractivity contribution in [3.63, 3.8) is 0 Å². The molecule has 2 rings (SSSR count). The maximum Gasteiger partial charge on any atom is 0.410 e. The number of nitrogens with zero attached hydrogens (tertiary/aromatic N) is 1. The summed E-state index contributed by atoms with van der Waals surface area (Å²) in [6.07, 6.45) is 1.35. The van der Waals surface area contributed by atoms with Gasteiger partial charge in [-0.1, -0.05) is 17.7 Å². The molecule has 0 atom stereocenters. The predicted octanol–water partition coefficient (Wildman–Crippen LogP) is 3.59. The minimum absolute atomic E-state index is 0.183. The molecule has 146 valence electrons. The summed E-state index contributed by atoms with van der Waals surface area (Å²) in [6, 6.07) is 6.62. The second-order valence-corrected chi connectivity index (χ2v) is 9.73. The van der Waals surface area contributed by atoms with Gasteiger partial charge in [0.25, 0.3) is 10.1 Å². The van der Waals surface area contributed by atoms with E-state index in [1.54, 1.807) is 36.2 Å². The fourth-order valence-corrected chi connectivity index (χ4v) is 3.90. The molecule has 0 N–H and O–H groups in total. The molecule has 1 aromatic carbocycles. The van der Waals surface area contributed by atoms with Crippen LogP contribution in [0.1, 0.15) is 39.2 Å². The largest absolute Gasteiger partial charge is 0.444 e. The number of carbonyl (C=O) groups is 1. The number of hydrogen-bond acceptors (Lipinski definition) is 5. The SMILES string of the molecule is Cc1ccc(S(=O)(=O)OCC2CC(CN(C)C(=O)OC(C)(C)C)C2)cc1. The zero-order valence-electron chi connectivity index (χ0n) is 16.2. The number of ether oxygens (including phenoxy) is 1. The summed E-state index contributed by atoms with van der Waals surface area (Å²) in [6.45, 7) is 8.21. The van der Waals surface area contributed by atoms with Crippen LogP contribution in [0.3, 0.4) is 0 Å². The van der Waals surface area contributed by atoms with Crippen molar-refractivity contribution >= 4 is 16.2 Å². The van der Waals surface area contributed by atoms with E-state index in [0.717, 1.165) is 18.4 Å². The van der Waals surface area contributed by atoms with Crippen LogP contribution in [0.15, 0.2) is 29.2 Å². The Morgan fingerprint density at radius 3 is 2.27 bits per heavy atom. The van der Waals surface area contributed by atoms with Gasteiger partial charge in [0.1, 0.15) is 5.60 Å². The molecule has 6 nitrogen and oxygen atoms in total. The molecule has 0 aliphatic heterocycles. The van der Waals surface area contributed by atoms with Crippen LogP contribution in [0.25, 0.3) is 0 Å². The van der Waals surface area contributed by atoms with Gasteiger partial charge in [0.05, 0.1) is 11.5 Å². The molecule has 0 spiro atoms. The van der Waals surface area contributed by atoms with Crippen molar-refractivity contribution < 1.29 is 22.1 Å². The van der Waals surface area contributed by atoms with Crippen molar-refractivity contribution in [2.75, 3.05) is 20.2 Å². The standard InChI is InChI=1S/C19H29NO5S/c1-14-6-8-17(9-7-14)26(22,23)24-13-16-10-15(11-16)12-20(5)18(21)25-19(2,3)4/h6-9,15-16H,10-13H2,1-5H3. The molecular weight excluding hydrogens is 354 g/mol. The lowest BCUT2D eigenvalue weighted by Crippen LogP contribution is -2.41. The molecule has 1 aliphatic carbocycles. The smallest absolute Gasteiger partial charge is 0.410 e.